The van der Waals surface area contributed by atoms with Crippen molar-refractivity contribution in [3.05, 3.63) is 277 Å². The molecule has 0 saturated heterocycles. The van der Waals surface area contributed by atoms with E-state index in [9.17, 15) is 0 Å². The predicted octanol–water partition coefficient (Wildman–Crippen LogP) is 18.1. The van der Waals surface area contributed by atoms with Gasteiger partial charge in [-0.15, -0.1) is 11.3 Å². The van der Waals surface area contributed by atoms with E-state index in [2.05, 4.69) is 247 Å². The molecule has 0 unspecified atom stereocenters. The largest absolute Gasteiger partial charge is 0.309 e. The predicted molar refractivity (Wildman–Crippen MR) is 301 cm³/mol. The van der Waals surface area contributed by atoms with Crippen molar-refractivity contribution >= 4 is 65.6 Å². The highest BCUT2D eigenvalue weighted by Gasteiger charge is 2.53. The average molecular weight is 939 g/mol. The second kappa shape index (κ2) is 16.6. The van der Waals surface area contributed by atoms with Crippen molar-refractivity contribution in [1.82, 2.24) is 9.97 Å². The van der Waals surface area contributed by atoms with Crippen LogP contribution in [0, 0.1) is 13.8 Å². The van der Waals surface area contributed by atoms with E-state index in [1.165, 1.54) is 86.9 Å². The lowest BCUT2D eigenvalue weighted by Crippen LogP contribution is -2.26. The van der Waals surface area contributed by atoms with Gasteiger partial charge in [-0.1, -0.05) is 158 Å². The first-order chi connectivity index (χ1) is 35.5. The van der Waals surface area contributed by atoms with Gasteiger partial charge in [-0.05, 0) is 148 Å². The van der Waals surface area contributed by atoms with Gasteiger partial charge < -0.3 is 9.80 Å². The summed E-state index contributed by atoms with van der Waals surface area (Å²) in [6, 6.07) is 84.8. The SMILES string of the molecule is Cc1ccc(N(c2ccc(-c3ccccc3)cc2)c2ccc3c(c2)C2(c4ccccc4-c4ccccc42)c2cc(N(c4ccc(-c5ccccc5)cc4)c4ccc(C)nc4)c4c(sc5ccccc54)c2-3)cn1. The van der Waals surface area contributed by atoms with Gasteiger partial charge in [0.25, 0.3) is 0 Å². The molecule has 4 nitrogen and oxygen atoms in total. The second-order valence-electron chi connectivity index (χ2n) is 19.0. The molecule has 72 heavy (non-hydrogen) atoms. The van der Waals surface area contributed by atoms with E-state index in [1.807, 2.05) is 30.7 Å². The summed E-state index contributed by atoms with van der Waals surface area (Å²) in [5, 5.41) is 2.48. The minimum Gasteiger partial charge on any atom is -0.309 e. The van der Waals surface area contributed by atoms with E-state index in [1.54, 1.807) is 0 Å². The van der Waals surface area contributed by atoms with Gasteiger partial charge in [0, 0.05) is 54.2 Å². The van der Waals surface area contributed by atoms with Gasteiger partial charge in [-0.3, -0.25) is 9.97 Å². The summed E-state index contributed by atoms with van der Waals surface area (Å²) in [5.74, 6) is 0. The zero-order valence-electron chi connectivity index (χ0n) is 39.8. The zero-order valence-corrected chi connectivity index (χ0v) is 40.6. The van der Waals surface area contributed by atoms with Gasteiger partial charge in [0.05, 0.1) is 34.9 Å². The van der Waals surface area contributed by atoms with Crippen molar-refractivity contribution in [2.75, 3.05) is 9.80 Å². The average Bonchev–Trinajstić information content (AvgIpc) is 4.08. The first-order valence-electron chi connectivity index (χ1n) is 24.6. The van der Waals surface area contributed by atoms with Crippen LogP contribution in [0.15, 0.2) is 243 Å². The Kier molecular flexibility index (Phi) is 9.70. The minimum absolute atomic E-state index is 0.657. The number of aromatic nitrogens is 2. The molecule has 0 bridgehead atoms. The van der Waals surface area contributed by atoms with E-state index in [0.717, 1.165) is 45.5 Å². The Hall–Kier alpha value is -8.90. The Bertz CT molecular complexity index is 3990. The van der Waals surface area contributed by atoms with Crippen LogP contribution in [0.4, 0.5) is 34.1 Å². The highest BCUT2D eigenvalue weighted by atomic mass is 32.1. The van der Waals surface area contributed by atoms with E-state index >= 15 is 0 Å². The molecule has 2 aliphatic carbocycles. The minimum atomic E-state index is -0.657. The van der Waals surface area contributed by atoms with E-state index in [4.69, 9.17) is 9.97 Å². The molecule has 12 aromatic rings. The molecule has 0 radical (unpaired) electrons. The number of rotatable bonds is 8. The lowest BCUT2D eigenvalue weighted by molar-refractivity contribution is 0.794. The molecular weight excluding hydrogens is 893 g/mol. The number of nitrogens with zero attached hydrogens (tertiary/aromatic N) is 4. The highest BCUT2D eigenvalue weighted by molar-refractivity contribution is 7.26. The molecule has 0 aliphatic heterocycles. The lowest BCUT2D eigenvalue weighted by Gasteiger charge is -2.33. The molecule has 9 aromatic carbocycles. The highest BCUT2D eigenvalue weighted by Crippen LogP contribution is 2.66. The molecule has 340 valence electrons. The molecule has 2 aliphatic rings. The number of pyridine rings is 2. The third kappa shape index (κ3) is 6.44. The van der Waals surface area contributed by atoms with E-state index < -0.39 is 5.41 Å². The normalized spacial score (nSPS) is 12.7. The monoisotopic (exact) mass is 938 g/mol. The third-order valence-electron chi connectivity index (χ3n) is 14.9. The summed E-state index contributed by atoms with van der Waals surface area (Å²) in [4.78, 5) is 14.6. The van der Waals surface area contributed by atoms with Crippen molar-refractivity contribution in [2.24, 2.45) is 0 Å². The maximum absolute atomic E-state index is 4.93. The number of hydrogen-bond acceptors (Lipinski definition) is 5. The second-order valence-corrected chi connectivity index (χ2v) is 20.1. The Labute approximate surface area is 423 Å². The fourth-order valence-electron chi connectivity index (χ4n) is 11.7. The van der Waals surface area contributed by atoms with Crippen LogP contribution in [0.3, 0.4) is 0 Å². The quantitative estimate of drug-likeness (QED) is 0.152. The molecular formula is C67H46N4S. The number of hydrogen-bond donors (Lipinski definition) is 0. The Balaban J connectivity index is 1.06. The Morgan fingerprint density at radius 1 is 0.375 bits per heavy atom. The number of anilines is 6. The fraction of sp³-hybridized carbons (Fsp3) is 0.0448. The summed E-state index contributed by atoms with van der Waals surface area (Å²) in [5.41, 5.74) is 22.6. The maximum atomic E-state index is 4.93. The first-order valence-corrected chi connectivity index (χ1v) is 25.4. The number of fused-ring (bicyclic) bond motifs is 14. The van der Waals surface area contributed by atoms with Crippen molar-refractivity contribution < 1.29 is 0 Å². The zero-order chi connectivity index (χ0) is 47.9. The molecule has 1 spiro atoms. The summed E-state index contributed by atoms with van der Waals surface area (Å²) in [7, 11) is 0. The van der Waals surface area contributed by atoms with Crippen LogP contribution in [0.1, 0.15) is 33.6 Å². The van der Waals surface area contributed by atoms with Crippen molar-refractivity contribution in [3.63, 3.8) is 0 Å². The van der Waals surface area contributed by atoms with E-state index in [0.29, 0.717) is 0 Å². The van der Waals surface area contributed by atoms with Gasteiger partial charge in [-0.2, -0.15) is 0 Å². The van der Waals surface area contributed by atoms with Gasteiger partial charge in [-0.25, -0.2) is 0 Å². The van der Waals surface area contributed by atoms with Crippen LogP contribution >= 0.6 is 11.3 Å². The van der Waals surface area contributed by atoms with Crippen LogP contribution in [0.25, 0.3) is 64.7 Å². The van der Waals surface area contributed by atoms with Gasteiger partial charge >= 0.3 is 0 Å². The number of aryl methyl sites for hydroxylation is 2. The molecule has 3 aromatic heterocycles. The smallest absolute Gasteiger partial charge is 0.0727 e. The summed E-state index contributed by atoms with van der Waals surface area (Å²) in [6.07, 6.45) is 4.04. The molecule has 14 rings (SSSR count). The van der Waals surface area contributed by atoms with Crippen LogP contribution in [0.2, 0.25) is 0 Å². The van der Waals surface area contributed by atoms with Crippen LogP contribution in [-0.4, -0.2) is 9.97 Å². The fourth-order valence-corrected chi connectivity index (χ4v) is 13.0. The number of thiophene rings is 1. The summed E-state index contributed by atoms with van der Waals surface area (Å²) in [6.45, 7) is 4.11. The van der Waals surface area contributed by atoms with Gasteiger partial charge in [0.1, 0.15) is 0 Å². The molecule has 3 heterocycles. The standard InChI is InChI=1S/C67H46N4S/c1-43-25-31-52(41-68-43)70(49-33-27-47(28-34-49)45-15-5-3-6-16-45)51-37-38-56-60(39-51)67(58-22-12-9-19-54(58)55-20-10-13-23-59(55)67)61-40-62(65-57-21-11-14-24-63(57)72-66(65)64(56)61)71(53-32-26-44(2)69-42-53)50-35-29-48(30-36-50)46-17-7-4-8-18-46/h3-42H,1-2H3. The maximum Gasteiger partial charge on any atom is 0.0727 e. The third-order valence-corrected chi connectivity index (χ3v) is 16.1. The van der Waals surface area contributed by atoms with Crippen molar-refractivity contribution in [2.45, 2.75) is 19.3 Å². The summed E-state index contributed by atoms with van der Waals surface area (Å²) < 4.78 is 2.53. The Morgan fingerprint density at radius 2 is 0.861 bits per heavy atom. The van der Waals surface area contributed by atoms with Crippen molar-refractivity contribution in [1.29, 1.82) is 0 Å². The van der Waals surface area contributed by atoms with Gasteiger partial charge in [0.15, 0.2) is 0 Å². The topological polar surface area (TPSA) is 32.3 Å². The molecule has 0 fully saturated rings. The van der Waals surface area contributed by atoms with E-state index in [-0.39, 0.29) is 0 Å². The molecule has 0 atom stereocenters. The molecule has 5 heteroatoms. The Morgan fingerprint density at radius 3 is 1.44 bits per heavy atom. The van der Waals surface area contributed by atoms with Crippen LogP contribution < -0.4 is 9.80 Å². The van der Waals surface area contributed by atoms with Crippen LogP contribution in [-0.2, 0) is 5.41 Å². The lowest BCUT2D eigenvalue weighted by atomic mass is 9.70. The van der Waals surface area contributed by atoms with Crippen LogP contribution in [0.5, 0.6) is 0 Å². The number of benzene rings is 9. The molecule has 0 amide bonds. The van der Waals surface area contributed by atoms with Crippen molar-refractivity contribution in [3.8, 4) is 44.5 Å². The summed E-state index contributed by atoms with van der Waals surface area (Å²) >= 11 is 1.90. The molecule has 0 N–H and O–H groups in total. The van der Waals surface area contributed by atoms with Gasteiger partial charge in [0.2, 0.25) is 0 Å². The molecule has 0 saturated carbocycles. The first kappa shape index (κ1) is 42.0.